The second-order valence-corrected chi connectivity index (χ2v) is 5.62. The van der Waals surface area contributed by atoms with Crippen molar-refractivity contribution in [2.45, 2.75) is 12.8 Å². The van der Waals surface area contributed by atoms with E-state index in [1.807, 2.05) is 30.3 Å². The first-order valence-electron chi connectivity index (χ1n) is 6.17. The van der Waals surface area contributed by atoms with Crippen molar-refractivity contribution >= 4 is 22.4 Å². The number of para-hydroxylation sites is 2. The molecule has 0 amide bonds. The third-order valence-corrected chi connectivity index (χ3v) is 4.30. The molecule has 0 aliphatic carbocycles. The van der Waals surface area contributed by atoms with Crippen molar-refractivity contribution in [1.29, 1.82) is 5.26 Å². The average Bonchev–Trinajstić information content (AvgIpc) is 3.02. The van der Waals surface area contributed by atoms with Gasteiger partial charge in [0, 0.05) is 18.3 Å². The monoisotopic (exact) mass is 267 g/mol. The highest BCUT2D eigenvalue weighted by Gasteiger charge is 2.08. The van der Waals surface area contributed by atoms with Crippen molar-refractivity contribution in [3.63, 3.8) is 0 Å². The summed E-state index contributed by atoms with van der Waals surface area (Å²) in [6.45, 7) is 0. The molecule has 1 aromatic carbocycles. The SMILES string of the molecule is Cn1c(CCc2ccc(C#N)s2)nc2ccccc21. The lowest BCUT2D eigenvalue weighted by Gasteiger charge is -2.00. The molecule has 0 spiro atoms. The fraction of sp³-hybridized carbons (Fsp3) is 0.200. The van der Waals surface area contributed by atoms with Crippen LogP contribution in [0.1, 0.15) is 15.6 Å². The number of rotatable bonds is 3. The Kier molecular flexibility index (Phi) is 3.06. The van der Waals surface area contributed by atoms with Crippen LogP contribution in [0.4, 0.5) is 0 Å². The maximum atomic E-state index is 8.82. The molecule has 3 rings (SSSR count). The predicted octanol–water partition coefficient (Wildman–Crippen LogP) is 3.29. The number of imidazole rings is 1. The molecule has 2 aromatic heterocycles. The number of aryl methyl sites for hydroxylation is 3. The summed E-state index contributed by atoms with van der Waals surface area (Å²) in [5.74, 6) is 1.09. The maximum absolute atomic E-state index is 8.82. The van der Waals surface area contributed by atoms with Crippen molar-refractivity contribution in [2.24, 2.45) is 7.05 Å². The number of nitriles is 1. The molecule has 19 heavy (non-hydrogen) atoms. The Labute approximate surface area is 115 Å². The van der Waals surface area contributed by atoms with Crippen LogP contribution in [0, 0.1) is 11.3 Å². The zero-order valence-electron chi connectivity index (χ0n) is 10.6. The van der Waals surface area contributed by atoms with Crippen molar-refractivity contribution in [3.05, 3.63) is 52.0 Å². The molecule has 0 N–H and O–H groups in total. The summed E-state index contributed by atoms with van der Waals surface area (Å²) < 4.78 is 2.15. The molecule has 3 nitrogen and oxygen atoms in total. The molecule has 0 aliphatic heterocycles. The van der Waals surface area contributed by atoms with Crippen LogP contribution >= 0.6 is 11.3 Å². The van der Waals surface area contributed by atoms with Crippen LogP contribution in [0.3, 0.4) is 0 Å². The lowest BCUT2D eigenvalue weighted by molar-refractivity contribution is 0.792. The highest BCUT2D eigenvalue weighted by Crippen LogP contribution is 2.19. The van der Waals surface area contributed by atoms with E-state index in [1.165, 1.54) is 10.4 Å². The number of hydrogen-bond acceptors (Lipinski definition) is 3. The second-order valence-electron chi connectivity index (χ2n) is 4.45. The molecule has 0 radical (unpaired) electrons. The number of hydrogen-bond donors (Lipinski definition) is 0. The summed E-state index contributed by atoms with van der Waals surface area (Å²) >= 11 is 1.57. The topological polar surface area (TPSA) is 41.6 Å². The summed E-state index contributed by atoms with van der Waals surface area (Å²) in [5.41, 5.74) is 2.21. The van der Waals surface area contributed by atoms with Gasteiger partial charge in [0.05, 0.1) is 11.0 Å². The fourth-order valence-electron chi connectivity index (χ4n) is 2.23. The predicted molar refractivity (Wildman–Crippen MR) is 77.2 cm³/mol. The molecule has 0 fully saturated rings. The van der Waals surface area contributed by atoms with Gasteiger partial charge in [-0.1, -0.05) is 12.1 Å². The molecule has 3 aromatic rings. The van der Waals surface area contributed by atoms with Crippen LogP contribution < -0.4 is 0 Å². The zero-order chi connectivity index (χ0) is 13.2. The van der Waals surface area contributed by atoms with Crippen molar-refractivity contribution in [3.8, 4) is 6.07 Å². The van der Waals surface area contributed by atoms with Gasteiger partial charge in [0.2, 0.25) is 0 Å². The molecule has 2 heterocycles. The lowest BCUT2D eigenvalue weighted by atomic mass is 10.2. The Hall–Kier alpha value is -2.12. The molecule has 0 aliphatic rings. The first kappa shape index (κ1) is 11.9. The third kappa shape index (κ3) is 2.25. The third-order valence-electron chi connectivity index (χ3n) is 3.25. The number of fused-ring (bicyclic) bond motifs is 1. The average molecular weight is 267 g/mol. The molecule has 4 heteroatoms. The van der Waals surface area contributed by atoms with E-state index in [0.29, 0.717) is 0 Å². The Morgan fingerprint density at radius 1 is 1.21 bits per heavy atom. The molecule has 0 atom stereocenters. The Morgan fingerprint density at radius 3 is 2.79 bits per heavy atom. The van der Waals surface area contributed by atoms with Crippen LogP contribution in [0.5, 0.6) is 0 Å². The molecule has 0 bridgehead atoms. The number of thiophene rings is 1. The minimum Gasteiger partial charge on any atom is -0.331 e. The summed E-state index contributed by atoms with van der Waals surface area (Å²) in [4.78, 5) is 6.67. The van der Waals surface area contributed by atoms with E-state index < -0.39 is 0 Å². The van der Waals surface area contributed by atoms with Crippen molar-refractivity contribution in [1.82, 2.24) is 9.55 Å². The Balaban J connectivity index is 1.82. The van der Waals surface area contributed by atoms with Gasteiger partial charge in [-0.3, -0.25) is 0 Å². The Morgan fingerprint density at radius 2 is 2.05 bits per heavy atom. The minimum absolute atomic E-state index is 0.778. The summed E-state index contributed by atoms with van der Waals surface area (Å²) in [5, 5.41) is 8.82. The summed E-state index contributed by atoms with van der Waals surface area (Å²) in [6, 6.07) is 14.3. The number of nitrogens with zero attached hydrogens (tertiary/aromatic N) is 3. The van der Waals surface area contributed by atoms with Gasteiger partial charge in [0.15, 0.2) is 0 Å². The van der Waals surface area contributed by atoms with Gasteiger partial charge >= 0.3 is 0 Å². The summed E-state index contributed by atoms with van der Waals surface area (Å²) in [7, 11) is 2.06. The quantitative estimate of drug-likeness (QED) is 0.730. The van der Waals surface area contributed by atoms with Crippen molar-refractivity contribution < 1.29 is 0 Å². The lowest BCUT2D eigenvalue weighted by Crippen LogP contribution is -1.99. The van der Waals surface area contributed by atoms with Gasteiger partial charge in [-0.05, 0) is 30.7 Å². The first-order valence-corrected chi connectivity index (χ1v) is 6.99. The number of aromatic nitrogens is 2. The maximum Gasteiger partial charge on any atom is 0.110 e. The van der Waals surface area contributed by atoms with Gasteiger partial charge in [0.25, 0.3) is 0 Å². The van der Waals surface area contributed by atoms with E-state index in [-0.39, 0.29) is 0 Å². The van der Waals surface area contributed by atoms with Gasteiger partial charge in [-0.25, -0.2) is 4.98 Å². The van der Waals surface area contributed by atoms with Gasteiger partial charge in [-0.15, -0.1) is 11.3 Å². The fourth-order valence-corrected chi connectivity index (χ4v) is 3.03. The summed E-state index contributed by atoms with van der Waals surface area (Å²) in [6.07, 6.45) is 1.83. The second kappa shape index (κ2) is 4.87. The van der Waals surface area contributed by atoms with Crippen molar-refractivity contribution in [2.75, 3.05) is 0 Å². The van der Waals surface area contributed by atoms with E-state index in [1.54, 1.807) is 11.3 Å². The Bertz CT molecular complexity index is 761. The highest BCUT2D eigenvalue weighted by molar-refractivity contribution is 7.12. The van der Waals surface area contributed by atoms with Gasteiger partial charge < -0.3 is 4.57 Å². The van der Waals surface area contributed by atoms with Gasteiger partial charge in [0.1, 0.15) is 16.8 Å². The molecule has 0 saturated carbocycles. The zero-order valence-corrected chi connectivity index (χ0v) is 11.4. The van der Waals surface area contributed by atoms with Crippen LogP contribution in [-0.2, 0) is 19.9 Å². The van der Waals surface area contributed by atoms with Crippen LogP contribution in [0.15, 0.2) is 36.4 Å². The van der Waals surface area contributed by atoms with Crippen LogP contribution in [0.2, 0.25) is 0 Å². The van der Waals surface area contributed by atoms with E-state index in [9.17, 15) is 0 Å². The largest absolute Gasteiger partial charge is 0.331 e. The van der Waals surface area contributed by atoms with E-state index in [2.05, 4.69) is 28.7 Å². The van der Waals surface area contributed by atoms with E-state index >= 15 is 0 Å². The first-order chi connectivity index (χ1) is 9.28. The van der Waals surface area contributed by atoms with E-state index in [4.69, 9.17) is 5.26 Å². The highest BCUT2D eigenvalue weighted by atomic mass is 32.1. The molecular weight excluding hydrogens is 254 g/mol. The van der Waals surface area contributed by atoms with Crippen LogP contribution in [0.25, 0.3) is 11.0 Å². The molecule has 0 saturated heterocycles. The molecule has 0 unspecified atom stereocenters. The number of benzene rings is 1. The molecule has 94 valence electrons. The van der Waals surface area contributed by atoms with Gasteiger partial charge in [-0.2, -0.15) is 5.26 Å². The minimum atomic E-state index is 0.778. The van der Waals surface area contributed by atoms with E-state index in [0.717, 1.165) is 29.1 Å². The normalized spacial score (nSPS) is 10.7. The van der Waals surface area contributed by atoms with Crippen LogP contribution in [-0.4, -0.2) is 9.55 Å². The smallest absolute Gasteiger partial charge is 0.110 e. The standard InChI is InChI=1S/C15H13N3S/c1-18-14-5-3-2-4-13(14)17-15(18)9-8-11-6-7-12(10-16)19-11/h2-7H,8-9H2,1H3. The molecular formula is C15H13N3S.